The van der Waals surface area contributed by atoms with Gasteiger partial charge in [-0.05, 0) is 47.5 Å². The van der Waals surface area contributed by atoms with E-state index in [1.807, 2.05) is 26.0 Å². The van der Waals surface area contributed by atoms with E-state index in [-0.39, 0.29) is 12.0 Å². The number of ether oxygens (including phenoxy) is 1. The van der Waals surface area contributed by atoms with Crippen LogP contribution in [0.1, 0.15) is 18.9 Å². The summed E-state index contributed by atoms with van der Waals surface area (Å²) in [6, 6.07) is 3.77. The summed E-state index contributed by atoms with van der Waals surface area (Å²) in [4.78, 5) is 11.1. The number of methoxy groups -OCH3 is 1. The van der Waals surface area contributed by atoms with Crippen LogP contribution in [-0.2, 0) is 9.53 Å². The van der Waals surface area contributed by atoms with Crippen molar-refractivity contribution >= 4 is 39.2 Å². The van der Waals surface area contributed by atoms with E-state index < -0.39 is 0 Å². The lowest BCUT2D eigenvalue weighted by atomic mass is 10.2. The van der Waals surface area contributed by atoms with Gasteiger partial charge in [-0.2, -0.15) is 0 Å². The largest absolute Gasteiger partial charge is 0.469 e. The zero-order valence-corrected chi connectivity index (χ0v) is 12.4. The van der Waals surface area contributed by atoms with E-state index in [1.165, 1.54) is 7.11 Å². The molecule has 1 aromatic carbocycles. The highest BCUT2D eigenvalue weighted by Crippen LogP contribution is 2.29. The summed E-state index contributed by atoms with van der Waals surface area (Å²) in [5.41, 5.74) is 1.88. The molecule has 0 radical (unpaired) electrons. The fourth-order valence-corrected chi connectivity index (χ4v) is 2.14. The zero-order chi connectivity index (χ0) is 13.0. The Morgan fingerprint density at radius 1 is 1.59 bits per heavy atom. The van der Waals surface area contributed by atoms with Crippen molar-refractivity contribution in [2.45, 2.75) is 26.3 Å². The zero-order valence-electron chi connectivity index (χ0n) is 10.0. The standard InChI is InChI=1S/C12H15BrClNO2/c1-7-4-9(13)11(6-10(7)14)15-8(2)5-12(16)17-3/h4,6,8,15H,5H2,1-3H3. The molecule has 17 heavy (non-hydrogen) atoms. The molecule has 0 heterocycles. The van der Waals surface area contributed by atoms with Gasteiger partial charge in [0.05, 0.1) is 19.2 Å². The second-order valence-electron chi connectivity index (χ2n) is 3.91. The number of carbonyl (C=O) groups excluding carboxylic acids is 1. The van der Waals surface area contributed by atoms with Crippen molar-refractivity contribution in [2.24, 2.45) is 0 Å². The molecule has 0 aliphatic heterocycles. The van der Waals surface area contributed by atoms with E-state index in [9.17, 15) is 4.79 Å². The third kappa shape index (κ3) is 4.21. The Kier molecular flexibility index (Phi) is 5.28. The van der Waals surface area contributed by atoms with Gasteiger partial charge in [-0.3, -0.25) is 4.79 Å². The van der Waals surface area contributed by atoms with Crippen molar-refractivity contribution in [3.8, 4) is 0 Å². The Morgan fingerprint density at radius 2 is 2.24 bits per heavy atom. The van der Waals surface area contributed by atoms with Crippen molar-refractivity contribution in [1.29, 1.82) is 0 Å². The molecule has 0 aliphatic carbocycles. The second-order valence-corrected chi connectivity index (χ2v) is 5.17. The Bertz CT molecular complexity index is 423. The smallest absolute Gasteiger partial charge is 0.307 e. The molecule has 0 fully saturated rings. The van der Waals surface area contributed by atoms with Crippen LogP contribution >= 0.6 is 27.5 Å². The van der Waals surface area contributed by atoms with Gasteiger partial charge in [-0.25, -0.2) is 0 Å². The number of carbonyl (C=O) groups is 1. The van der Waals surface area contributed by atoms with Crippen LogP contribution < -0.4 is 5.32 Å². The molecule has 1 atom stereocenters. The normalized spacial score (nSPS) is 12.1. The van der Waals surface area contributed by atoms with Crippen LogP contribution in [0.3, 0.4) is 0 Å². The number of hydrogen-bond acceptors (Lipinski definition) is 3. The minimum Gasteiger partial charge on any atom is -0.469 e. The fourth-order valence-electron chi connectivity index (χ4n) is 1.41. The summed E-state index contributed by atoms with van der Waals surface area (Å²) >= 11 is 9.51. The van der Waals surface area contributed by atoms with Crippen molar-refractivity contribution < 1.29 is 9.53 Å². The molecule has 0 spiro atoms. The maximum atomic E-state index is 11.1. The lowest BCUT2D eigenvalue weighted by molar-refractivity contribution is -0.140. The number of esters is 1. The van der Waals surface area contributed by atoms with Crippen LogP contribution in [0, 0.1) is 6.92 Å². The van der Waals surface area contributed by atoms with Crippen LogP contribution in [0.2, 0.25) is 5.02 Å². The van der Waals surface area contributed by atoms with Crippen molar-refractivity contribution in [2.75, 3.05) is 12.4 Å². The number of aryl methyl sites for hydroxylation is 1. The lowest BCUT2D eigenvalue weighted by Gasteiger charge is -2.16. The number of rotatable bonds is 4. The molecular weight excluding hydrogens is 305 g/mol. The van der Waals surface area contributed by atoms with E-state index in [1.54, 1.807) is 0 Å². The molecule has 1 unspecified atom stereocenters. The van der Waals surface area contributed by atoms with Crippen LogP contribution in [0.4, 0.5) is 5.69 Å². The number of benzene rings is 1. The number of halogens is 2. The van der Waals surface area contributed by atoms with Crippen molar-refractivity contribution in [3.05, 3.63) is 27.2 Å². The maximum absolute atomic E-state index is 11.1. The monoisotopic (exact) mass is 319 g/mol. The molecule has 1 N–H and O–H groups in total. The maximum Gasteiger partial charge on any atom is 0.307 e. The molecule has 0 bridgehead atoms. The molecule has 94 valence electrons. The van der Waals surface area contributed by atoms with Gasteiger partial charge in [-0.15, -0.1) is 0 Å². The number of nitrogens with one attached hydrogen (secondary N) is 1. The first kappa shape index (κ1) is 14.3. The van der Waals surface area contributed by atoms with E-state index in [0.29, 0.717) is 11.4 Å². The molecule has 0 saturated heterocycles. The van der Waals surface area contributed by atoms with Gasteiger partial charge < -0.3 is 10.1 Å². The number of anilines is 1. The Hall–Kier alpha value is -0.740. The van der Waals surface area contributed by atoms with Crippen LogP contribution in [0.15, 0.2) is 16.6 Å². The first-order chi connectivity index (χ1) is 7.93. The van der Waals surface area contributed by atoms with E-state index in [4.69, 9.17) is 11.6 Å². The van der Waals surface area contributed by atoms with Crippen LogP contribution in [-0.4, -0.2) is 19.1 Å². The summed E-state index contributed by atoms with van der Waals surface area (Å²) in [5, 5.41) is 3.91. The fraction of sp³-hybridized carbons (Fsp3) is 0.417. The predicted molar refractivity (Wildman–Crippen MR) is 73.6 cm³/mol. The first-order valence-electron chi connectivity index (χ1n) is 5.23. The topological polar surface area (TPSA) is 38.3 Å². The Morgan fingerprint density at radius 3 is 2.82 bits per heavy atom. The third-order valence-corrected chi connectivity index (χ3v) is 3.41. The predicted octanol–water partition coefficient (Wildman–Crippen LogP) is 3.77. The van der Waals surface area contributed by atoms with Gasteiger partial charge in [0.15, 0.2) is 0 Å². The van der Waals surface area contributed by atoms with Crippen LogP contribution in [0.25, 0.3) is 0 Å². The third-order valence-electron chi connectivity index (χ3n) is 2.35. The molecule has 0 aromatic heterocycles. The summed E-state index contributed by atoms with van der Waals surface area (Å²) in [7, 11) is 1.38. The first-order valence-corrected chi connectivity index (χ1v) is 6.40. The van der Waals surface area contributed by atoms with Gasteiger partial charge in [0.2, 0.25) is 0 Å². The Labute approximate surface area is 115 Å². The second kappa shape index (κ2) is 6.26. The molecule has 3 nitrogen and oxygen atoms in total. The van der Waals surface area contributed by atoms with E-state index >= 15 is 0 Å². The van der Waals surface area contributed by atoms with Crippen molar-refractivity contribution in [3.63, 3.8) is 0 Å². The van der Waals surface area contributed by atoms with Crippen molar-refractivity contribution in [1.82, 2.24) is 0 Å². The lowest BCUT2D eigenvalue weighted by Crippen LogP contribution is -2.20. The average Bonchev–Trinajstić information content (AvgIpc) is 2.25. The van der Waals surface area contributed by atoms with E-state index in [2.05, 4.69) is 26.0 Å². The molecule has 5 heteroatoms. The molecule has 0 saturated carbocycles. The SMILES string of the molecule is COC(=O)CC(C)Nc1cc(Cl)c(C)cc1Br. The molecule has 1 aromatic rings. The van der Waals surface area contributed by atoms with Gasteiger partial charge in [0.25, 0.3) is 0 Å². The summed E-state index contributed by atoms with van der Waals surface area (Å²) in [5.74, 6) is -0.237. The van der Waals surface area contributed by atoms with Gasteiger partial charge in [0.1, 0.15) is 0 Å². The highest BCUT2D eigenvalue weighted by molar-refractivity contribution is 9.10. The van der Waals surface area contributed by atoms with E-state index in [0.717, 1.165) is 15.7 Å². The molecule has 0 amide bonds. The minimum absolute atomic E-state index is 0.0162. The highest BCUT2D eigenvalue weighted by Gasteiger charge is 2.11. The quantitative estimate of drug-likeness (QED) is 0.858. The van der Waals surface area contributed by atoms with Gasteiger partial charge in [0, 0.05) is 15.5 Å². The minimum atomic E-state index is -0.237. The summed E-state index contributed by atoms with van der Waals surface area (Å²) < 4.78 is 5.54. The summed E-state index contributed by atoms with van der Waals surface area (Å²) in [6.45, 7) is 3.85. The molecular formula is C12H15BrClNO2. The highest BCUT2D eigenvalue weighted by atomic mass is 79.9. The summed E-state index contributed by atoms with van der Waals surface area (Å²) in [6.07, 6.45) is 0.314. The Balaban J connectivity index is 2.74. The van der Waals surface area contributed by atoms with Gasteiger partial charge >= 0.3 is 5.97 Å². The average molecular weight is 321 g/mol. The van der Waals surface area contributed by atoms with Gasteiger partial charge in [-0.1, -0.05) is 11.6 Å². The van der Waals surface area contributed by atoms with Crippen LogP contribution in [0.5, 0.6) is 0 Å². The molecule has 0 aliphatic rings. The molecule has 1 rings (SSSR count). The number of hydrogen-bond donors (Lipinski definition) is 1.